The van der Waals surface area contributed by atoms with Gasteiger partial charge in [-0.15, -0.1) is 10.2 Å². The van der Waals surface area contributed by atoms with Crippen molar-refractivity contribution in [2.75, 3.05) is 11.9 Å². The number of oxazole rings is 1. The molecule has 2 aliphatic rings. The Morgan fingerprint density at radius 3 is 2.77 bits per heavy atom. The lowest BCUT2D eigenvalue weighted by Crippen LogP contribution is -2.61. The van der Waals surface area contributed by atoms with Crippen molar-refractivity contribution < 1.29 is 13.9 Å². The van der Waals surface area contributed by atoms with Crippen LogP contribution in [0.25, 0.3) is 22.6 Å². The van der Waals surface area contributed by atoms with E-state index in [2.05, 4.69) is 20.5 Å². The smallest absolute Gasteiger partial charge is 0.191 e. The minimum atomic E-state index is -0.931. The van der Waals surface area contributed by atoms with E-state index in [9.17, 15) is 5.11 Å². The van der Waals surface area contributed by atoms with E-state index in [1.54, 1.807) is 31.3 Å². The molecule has 2 saturated heterocycles. The third kappa shape index (κ3) is 3.76. The van der Waals surface area contributed by atoms with Gasteiger partial charge in [-0.3, -0.25) is 0 Å². The second-order valence-corrected chi connectivity index (χ2v) is 8.51. The number of aromatic nitrogens is 3. The van der Waals surface area contributed by atoms with Crippen LogP contribution in [0.15, 0.2) is 40.9 Å². The Labute approximate surface area is 180 Å². The molecule has 0 aliphatic carbocycles. The molecule has 2 fully saturated rings. The normalized spacial score (nSPS) is 25.4. The highest BCUT2D eigenvalue weighted by Gasteiger charge is 2.41. The highest BCUT2D eigenvalue weighted by molar-refractivity contribution is 5.72. The van der Waals surface area contributed by atoms with Crippen LogP contribution in [-0.4, -0.2) is 51.6 Å². The van der Waals surface area contributed by atoms with Gasteiger partial charge in [-0.25, -0.2) is 9.37 Å². The molecular weight excluding hydrogens is 397 g/mol. The lowest BCUT2D eigenvalue weighted by atomic mass is 9.82. The quantitative estimate of drug-likeness (QED) is 0.659. The molecule has 7 nitrogen and oxygen atoms in total. The van der Waals surface area contributed by atoms with Crippen LogP contribution in [0.2, 0.25) is 0 Å². The van der Waals surface area contributed by atoms with Crippen molar-refractivity contribution in [2.45, 2.75) is 56.9 Å². The summed E-state index contributed by atoms with van der Waals surface area (Å²) in [4.78, 5) is 5.99. The van der Waals surface area contributed by atoms with E-state index in [0.717, 1.165) is 31.2 Å². The molecule has 2 aromatic heterocycles. The van der Waals surface area contributed by atoms with Crippen LogP contribution in [0.1, 0.15) is 31.6 Å². The summed E-state index contributed by atoms with van der Waals surface area (Å²) in [5.74, 6) is 1.87. The molecule has 2 aliphatic heterocycles. The monoisotopic (exact) mass is 423 g/mol. The van der Waals surface area contributed by atoms with E-state index in [1.165, 1.54) is 0 Å². The van der Waals surface area contributed by atoms with Gasteiger partial charge in [0.25, 0.3) is 0 Å². The minimum absolute atomic E-state index is 0.0733. The topological polar surface area (TPSA) is 87.3 Å². The second kappa shape index (κ2) is 7.92. The highest BCUT2D eigenvalue weighted by Crippen LogP contribution is 2.34. The Morgan fingerprint density at radius 1 is 1.19 bits per heavy atom. The van der Waals surface area contributed by atoms with E-state index in [-0.39, 0.29) is 17.8 Å². The fourth-order valence-electron chi connectivity index (χ4n) is 4.78. The van der Waals surface area contributed by atoms with Crippen molar-refractivity contribution in [1.29, 1.82) is 0 Å². The predicted octanol–water partition coefficient (Wildman–Crippen LogP) is 3.87. The van der Waals surface area contributed by atoms with Gasteiger partial charge in [0.1, 0.15) is 11.9 Å². The third-order valence-corrected chi connectivity index (χ3v) is 6.48. The van der Waals surface area contributed by atoms with Crippen molar-refractivity contribution in [3.05, 3.63) is 42.4 Å². The van der Waals surface area contributed by atoms with Crippen LogP contribution in [0.4, 0.5) is 10.2 Å². The second-order valence-electron chi connectivity index (χ2n) is 8.51. The number of aromatic hydroxyl groups is 1. The maximum absolute atomic E-state index is 15.0. The summed E-state index contributed by atoms with van der Waals surface area (Å²) in [6, 6.07) is 8.97. The first-order valence-corrected chi connectivity index (χ1v) is 10.7. The number of fused-ring (bicyclic) bond motifs is 2. The summed E-state index contributed by atoms with van der Waals surface area (Å²) in [6.45, 7) is 1.77. The molecule has 2 unspecified atom stereocenters. The zero-order chi connectivity index (χ0) is 21.5. The Balaban J connectivity index is 1.35. The van der Waals surface area contributed by atoms with Crippen molar-refractivity contribution >= 4 is 5.82 Å². The van der Waals surface area contributed by atoms with Gasteiger partial charge >= 0.3 is 0 Å². The molecule has 31 heavy (non-hydrogen) atoms. The Hall–Kier alpha value is -3.00. The summed E-state index contributed by atoms with van der Waals surface area (Å²) in [7, 11) is 1.88. The first-order chi connectivity index (χ1) is 15.0. The van der Waals surface area contributed by atoms with Gasteiger partial charge in [-0.2, -0.15) is 0 Å². The summed E-state index contributed by atoms with van der Waals surface area (Å²) in [5.41, 5.74) is 1.85. The van der Waals surface area contributed by atoms with Crippen LogP contribution >= 0.6 is 0 Å². The van der Waals surface area contributed by atoms with Crippen LogP contribution in [0.5, 0.6) is 5.75 Å². The molecule has 1 aromatic carbocycles. The standard InChI is InChI=1S/C23H26FN5O2/c1-13-25-12-21(31-13)14-6-7-16(20(30)10-14)17-8-9-22(28-27-17)29(2)19-11-15-4-3-5-18(26-15)23(19)24/h6-10,12,15,18-19,23,26,30H,3-5,11H2,1-2H3/t15?,18?,19-,23+/m0/s1. The zero-order valence-corrected chi connectivity index (χ0v) is 17.6. The fraction of sp³-hybridized carbons (Fsp3) is 0.435. The summed E-state index contributed by atoms with van der Waals surface area (Å²) in [6.07, 6.45) is 4.53. The van der Waals surface area contributed by atoms with E-state index in [0.29, 0.717) is 34.8 Å². The number of phenolic OH excluding ortho intramolecular Hbond substituents is 1. The number of rotatable bonds is 4. The Morgan fingerprint density at radius 2 is 2.06 bits per heavy atom. The van der Waals surface area contributed by atoms with Crippen molar-refractivity contribution in [1.82, 2.24) is 20.5 Å². The van der Waals surface area contributed by atoms with Crippen LogP contribution in [-0.2, 0) is 0 Å². The van der Waals surface area contributed by atoms with Crippen molar-refractivity contribution in [3.8, 4) is 28.3 Å². The number of anilines is 1. The zero-order valence-electron chi connectivity index (χ0n) is 17.6. The molecule has 0 spiro atoms. The van der Waals surface area contributed by atoms with Crippen LogP contribution in [0.3, 0.4) is 0 Å². The molecule has 8 heteroatoms. The van der Waals surface area contributed by atoms with Crippen LogP contribution in [0, 0.1) is 6.92 Å². The molecule has 0 radical (unpaired) electrons. The van der Waals surface area contributed by atoms with Gasteiger partial charge in [-0.1, -0.05) is 12.5 Å². The van der Waals surface area contributed by atoms with Crippen molar-refractivity contribution in [2.24, 2.45) is 0 Å². The number of hydrogen-bond acceptors (Lipinski definition) is 7. The molecular formula is C23H26FN5O2. The van der Waals surface area contributed by atoms with Crippen LogP contribution < -0.4 is 10.2 Å². The van der Waals surface area contributed by atoms with E-state index >= 15 is 4.39 Å². The molecule has 3 aromatic rings. The minimum Gasteiger partial charge on any atom is -0.507 e. The number of halogens is 1. The number of phenols is 1. The molecule has 4 atom stereocenters. The number of nitrogens with one attached hydrogen (secondary N) is 1. The molecule has 162 valence electrons. The van der Waals surface area contributed by atoms with Gasteiger partial charge in [-0.05, 0) is 43.5 Å². The summed E-state index contributed by atoms with van der Waals surface area (Å²) < 4.78 is 20.5. The van der Waals surface area contributed by atoms with Gasteiger partial charge in [0.2, 0.25) is 0 Å². The SMILES string of the molecule is Cc1ncc(-c2ccc(-c3ccc(N(C)[C@H]4CC5CCCC(N5)[C@H]4F)nn3)c(O)c2)o1. The number of hydrogen-bond donors (Lipinski definition) is 2. The van der Waals surface area contributed by atoms with E-state index in [1.807, 2.05) is 24.1 Å². The first-order valence-electron chi connectivity index (χ1n) is 10.7. The largest absolute Gasteiger partial charge is 0.507 e. The molecule has 5 rings (SSSR count). The molecule has 4 heterocycles. The predicted molar refractivity (Wildman–Crippen MR) is 116 cm³/mol. The molecule has 0 amide bonds. The molecule has 2 N–H and O–H groups in total. The number of piperidine rings is 2. The third-order valence-electron chi connectivity index (χ3n) is 6.48. The van der Waals surface area contributed by atoms with Gasteiger partial charge in [0.05, 0.1) is 17.9 Å². The Bertz CT molecular complexity index is 1070. The number of nitrogens with zero attached hydrogens (tertiary/aromatic N) is 4. The number of benzene rings is 1. The van der Waals surface area contributed by atoms with Gasteiger partial charge in [0.15, 0.2) is 17.5 Å². The summed E-state index contributed by atoms with van der Waals surface area (Å²) in [5, 5.41) is 22.6. The number of aryl methyl sites for hydroxylation is 1. The fourth-order valence-corrected chi connectivity index (χ4v) is 4.78. The maximum atomic E-state index is 15.0. The average Bonchev–Trinajstić information content (AvgIpc) is 3.22. The number of alkyl halides is 1. The van der Waals surface area contributed by atoms with Crippen molar-refractivity contribution in [3.63, 3.8) is 0 Å². The lowest BCUT2D eigenvalue weighted by Gasteiger charge is -2.46. The lowest BCUT2D eigenvalue weighted by molar-refractivity contribution is 0.107. The van der Waals surface area contributed by atoms with Gasteiger partial charge in [0, 0.05) is 37.2 Å². The first kappa shape index (κ1) is 19.9. The Kier molecular flexibility index (Phi) is 5.09. The summed E-state index contributed by atoms with van der Waals surface area (Å²) >= 11 is 0. The molecule has 2 bridgehead atoms. The van der Waals surface area contributed by atoms with Gasteiger partial charge < -0.3 is 19.7 Å². The average molecular weight is 423 g/mol. The molecule has 0 saturated carbocycles. The van der Waals surface area contributed by atoms with E-state index in [4.69, 9.17) is 4.42 Å². The van der Waals surface area contributed by atoms with E-state index < -0.39 is 6.17 Å². The highest BCUT2D eigenvalue weighted by atomic mass is 19.1. The maximum Gasteiger partial charge on any atom is 0.191 e.